The number of carbonyl (C=O) groups excluding carboxylic acids is 1. The van der Waals surface area contributed by atoms with Crippen molar-refractivity contribution >= 4 is 40.1 Å². The van der Waals surface area contributed by atoms with Crippen LogP contribution < -0.4 is 0 Å². The van der Waals surface area contributed by atoms with Gasteiger partial charge in [-0.2, -0.15) is 12.6 Å². The molecule has 1 aromatic heterocycles. The van der Waals surface area contributed by atoms with Gasteiger partial charge in [0.25, 0.3) is 0 Å². The third kappa shape index (κ3) is 2.62. The molecule has 100 valence electrons. The molecule has 0 saturated carbocycles. The molecule has 1 aromatic carbocycles. The predicted octanol–water partition coefficient (Wildman–Crippen LogP) is 2.93. The van der Waals surface area contributed by atoms with Crippen LogP contribution in [0.4, 0.5) is 0 Å². The third-order valence-corrected chi connectivity index (χ3v) is 5.04. The lowest BCUT2D eigenvalue weighted by Gasteiger charge is -2.31. The fourth-order valence-electron chi connectivity index (χ4n) is 2.57. The van der Waals surface area contributed by atoms with Crippen molar-refractivity contribution in [1.29, 1.82) is 0 Å². The Hall–Kier alpha value is -1.07. The molecule has 0 unspecified atom stereocenters. The highest BCUT2D eigenvalue weighted by Crippen LogP contribution is 2.32. The first-order valence-corrected chi connectivity index (χ1v) is 7.97. The van der Waals surface area contributed by atoms with Gasteiger partial charge < -0.3 is 4.90 Å². The van der Waals surface area contributed by atoms with Crippen LogP contribution in [-0.4, -0.2) is 34.6 Å². The maximum absolute atomic E-state index is 11.7. The maximum Gasteiger partial charge on any atom is 0.232 e. The lowest BCUT2D eigenvalue weighted by Crippen LogP contribution is -2.39. The zero-order valence-corrected chi connectivity index (χ0v) is 12.3. The summed E-state index contributed by atoms with van der Waals surface area (Å²) in [6, 6.07) is 8.22. The van der Waals surface area contributed by atoms with Crippen LogP contribution in [0.3, 0.4) is 0 Å². The largest absolute Gasteiger partial charge is 0.341 e. The first kappa shape index (κ1) is 12.9. The number of piperidine rings is 1. The number of rotatable bonds is 2. The number of aromatic nitrogens is 1. The lowest BCUT2D eigenvalue weighted by atomic mass is 9.99. The van der Waals surface area contributed by atoms with Crippen LogP contribution in [-0.2, 0) is 4.79 Å². The molecule has 3 rings (SSSR count). The molecule has 2 heterocycles. The fourth-order valence-corrected chi connectivity index (χ4v) is 3.86. The van der Waals surface area contributed by atoms with E-state index in [1.165, 1.54) is 4.70 Å². The van der Waals surface area contributed by atoms with E-state index in [0.29, 0.717) is 11.7 Å². The van der Waals surface area contributed by atoms with Crippen molar-refractivity contribution in [2.24, 2.45) is 0 Å². The maximum atomic E-state index is 11.7. The third-order valence-electron chi connectivity index (χ3n) is 3.57. The second-order valence-electron chi connectivity index (χ2n) is 4.86. The summed E-state index contributed by atoms with van der Waals surface area (Å²) in [6.45, 7) is 1.65. The van der Waals surface area contributed by atoms with E-state index < -0.39 is 0 Å². The van der Waals surface area contributed by atoms with E-state index in [-0.39, 0.29) is 5.91 Å². The Bertz CT molecular complexity index is 563. The molecule has 1 atom stereocenters. The van der Waals surface area contributed by atoms with Gasteiger partial charge in [0.2, 0.25) is 5.91 Å². The van der Waals surface area contributed by atoms with Gasteiger partial charge in [-0.05, 0) is 25.0 Å². The molecule has 1 saturated heterocycles. The van der Waals surface area contributed by atoms with E-state index in [2.05, 4.69) is 24.8 Å². The van der Waals surface area contributed by atoms with Crippen molar-refractivity contribution in [3.05, 3.63) is 29.3 Å². The van der Waals surface area contributed by atoms with Crippen LogP contribution in [0.25, 0.3) is 10.2 Å². The summed E-state index contributed by atoms with van der Waals surface area (Å²) < 4.78 is 1.23. The number of likely N-dealkylation sites (tertiary alicyclic amines) is 1. The van der Waals surface area contributed by atoms with Gasteiger partial charge in [-0.1, -0.05) is 12.1 Å². The van der Waals surface area contributed by atoms with Crippen LogP contribution in [0, 0.1) is 0 Å². The molecule has 1 aliphatic heterocycles. The van der Waals surface area contributed by atoms with Crippen LogP contribution in [0.1, 0.15) is 23.8 Å². The van der Waals surface area contributed by atoms with Gasteiger partial charge in [0.05, 0.1) is 21.0 Å². The van der Waals surface area contributed by atoms with Crippen molar-refractivity contribution in [2.75, 3.05) is 18.8 Å². The Kier molecular flexibility index (Phi) is 3.75. The first-order chi connectivity index (χ1) is 9.28. The topological polar surface area (TPSA) is 33.2 Å². The van der Waals surface area contributed by atoms with Crippen molar-refractivity contribution in [3.63, 3.8) is 0 Å². The quantitative estimate of drug-likeness (QED) is 0.863. The Morgan fingerprint density at radius 1 is 1.47 bits per heavy atom. The molecule has 1 fully saturated rings. The van der Waals surface area contributed by atoms with E-state index in [9.17, 15) is 4.79 Å². The minimum absolute atomic E-state index is 0.133. The van der Waals surface area contributed by atoms with Crippen molar-refractivity contribution in [3.8, 4) is 0 Å². The van der Waals surface area contributed by atoms with E-state index in [1.807, 2.05) is 17.0 Å². The second kappa shape index (κ2) is 5.51. The highest BCUT2D eigenvalue weighted by molar-refractivity contribution is 7.81. The molecule has 0 aliphatic carbocycles. The number of benzene rings is 1. The highest BCUT2D eigenvalue weighted by atomic mass is 32.1. The van der Waals surface area contributed by atoms with Gasteiger partial charge in [0.1, 0.15) is 0 Å². The van der Waals surface area contributed by atoms with Gasteiger partial charge >= 0.3 is 0 Å². The van der Waals surface area contributed by atoms with Gasteiger partial charge in [-0.25, -0.2) is 4.98 Å². The van der Waals surface area contributed by atoms with Crippen LogP contribution in [0.15, 0.2) is 24.3 Å². The Balaban J connectivity index is 1.83. The van der Waals surface area contributed by atoms with Gasteiger partial charge in [0, 0.05) is 19.0 Å². The SMILES string of the molecule is O=C(CS)N1CCC[C@@H](c2nc3ccccc3s2)C1. The summed E-state index contributed by atoms with van der Waals surface area (Å²) in [4.78, 5) is 18.4. The monoisotopic (exact) mass is 292 g/mol. The Morgan fingerprint density at radius 3 is 3.11 bits per heavy atom. The number of amides is 1. The molecule has 3 nitrogen and oxygen atoms in total. The molecular weight excluding hydrogens is 276 g/mol. The zero-order chi connectivity index (χ0) is 13.2. The van der Waals surface area contributed by atoms with Crippen molar-refractivity contribution in [1.82, 2.24) is 9.88 Å². The number of thiol groups is 1. The number of nitrogens with zero attached hydrogens (tertiary/aromatic N) is 2. The average molecular weight is 292 g/mol. The summed E-state index contributed by atoms with van der Waals surface area (Å²) in [7, 11) is 0. The van der Waals surface area contributed by atoms with Crippen molar-refractivity contribution in [2.45, 2.75) is 18.8 Å². The average Bonchev–Trinajstić information content (AvgIpc) is 2.90. The Morgan fingerprint density at radius 2 is 2.32 bits per heavy atom. The summed E-state index contributed by atoms with van der Waals surface area (Å²) in [5.74, 6) is 0.816. The highest BCUT2D eigenvalue weighted by Gasteiger charge is 2.26. The summed E-state index contributed by atoms with van der Waals surface area (Å²) in [5.41, 5.74) is 1.07. The van der Waals surface area contributed by atoms with E-state index >= 15 is 0 Å². The van der Waals surface area contributed by atoms with E-state index in [4.69, 9.17) is 4.98 Å². The Labute approximate surface area is 122 Å². The number of hydrogen-bond acceptors (Lipinski definition) is 4. The number of fused-ring (bicyclic) bond motifs is 1. The normalized spacial score (nSPS) is 19.8. The lowest BCUT2D eigenvalue weighted by molar-refractivity contribution is -0.129. The smallest absolute Gasteiger partial charge is 0.232 e. The first-order valence-electron chi connectivity index (χ1n) is 6.52. The van der Waals surface area contributed by atoms with Crippen LogP contribution >= 0.6 is 24.0 Å². The molecular formula is C14H16N2OS2. The molecule has 0 N–H and O–H groups in total. The number of thiazole rings is 1. The number of carbonyl (C=O) groups is 1. The minimum Gasteiger partial charge on any atom is -0.341 e. The fraction of sp³-hybridized carbons (Fsp3) is 0.429. The molecule has 1 amide bonds. The van der Waals surface area contributed by atoms with Gasteiger partial charge in [0.15, 0.2) is 0 Å². The molecule has 19 heavy (non-hydrogen) atoms. The van der Waals surface area contributed by atoms with Crippen LogP contribution in [0.2, 0.25) is 0 Å². The predicted molar refractivity (Wildman–Crippen MR) is 82.0 cm³/mol. The summed E-state index contributed by atoms with van der Waals surface area (Å²) in [5, 5.41) is 1.16. The molecule has 2 aromatic rings. The van der Waals surface area contributed by atoms with Crippen LogP contribution in [0.5, 0.6) is 0 Å². The van der Waals surface area contributed by atoms with E-state index in [1.54, 1.807) is 11.3 Å². The molecule has 1 aliphatic rings. The summed E-state index contributed by atoms with van der Waals surface area (Å²) >= 11 is 5.84. The standard InChI is InChI=1S/C14H16N2OS2/c17-13(9-18)16-7-3-4-10(8-16)14-15-11-5-1-2-6-12(11)19-14/h1-2,5-6,10,18H,3-4,7-9H2/t10-/m1/s1. The van der Waals surface area contributed by atoms with Crippen molar-refractivity contribution < 1.29 is 4.79 Å². The second-order valence-corrected chi connectivity index (χ2v) is 6.24. The number of para-hydroxylation sites is 1. The molecule has 0 spiro atoms. The molecule has 0 radical (unpaired) electrons. The summed E-state index contributed by atoms with van der Waals surface area (Å²) in [6.07, 6.45) is 2.18. The number of hydrogen-bond donors (Lipinski definition) is 1. The van der Waals surface area contributed by atoms with Gasteiger partial charge in [-0.3, -0.25) is 4.79 Å². The minimum atomic E-state index is 0.133. The van der Waals surface area contributed by atoms with Gasteiger partial charge in [-0.15, -0.1) is 11.3 Å². The zero-order valence-electron chi connectivity index (χ0n) is 10.6. The molecule has 5 heteroatoms. The van der Waals surface area contributed by atoms with E-state index in [0.717, 1.165) is 36.5 Å². The molecule has 0 bridgehead atoms.